The third-order valence-corrected chi connectivity index (χ3v) is 5.08. The van der Waals surface area contributed by atoms with Crippen LogP contribution in [0.2, 0.25) is 0 Å². The number of hydrogen-bond donors (Lipinski definition) is 0. The van der Waals surface area contributed by atoms with Crippen molar-refractivity contribution >= 4 is 11.5 Å². The highest BCUT2D eigenvalue weighted by atomic mass is 19.1. The summed E-state index contributed by atoms with van der Waals surface area (Å²) in [6, 6.07) is 21.4. The van der Waals surface area contributed by atoms with E-state index >= 15 is 4.39 Å². The first kappa shape index (κ1) is 17.4. The van der Waals surface area contributed by atoms with Gasteiger partial charge in [0.05, 0.1) is 6.04 Å². The molecule has 0 radical (unpaired) electrons. The van der Waals surface area contributed by atoms with Crippen LogP contribution in [0.4, 0.5) is 14.5 Å². The van der Waals surface area contributed by atoms with Gasteiger partial charge in [-0.2, -0.15) is 0 Å². The van der Waals surface area contributed by atoms with Crippen LogP contribution in [0.5, 0.6) is 0 Å². The average Bonchev–Trinajstić information content (AvgIpc) is 2.73. The number of ketones is 1. The number of hydrogen-bond acceptors (Lipinski definition) is 2. The fraction of sp³-hybridized carbons (Fsp3) is 0.174. The van der Waals surface area contributed by atoms with Crippen LogP contribution in [0.3, 0.4) is 0 Å². The van der Waals surface area contributed by atoms with Crippen LogP contribution in [-0.2, 0) is 6.42 Å². The van der Waals surface area contributed by atoms with Crippen molar-refractivity contribution in [3.05, 3.63) is 101 Å². The second-order valence-electron chi connectivity index (χ2n) is 6.70. The van der Waals surface area contributed by atoms with Crippen molar-refractivity contribution in [1.29, 1.82) is 0 Å². The van der Waals surface area contributed by atoms with E-state index in [1.807, 2.05) is 29.2 Å². The lowest BCUT2D eigenvalue weighted by molar-refractivity contribution is 0.0844. The first-order valence-corrected chi connectivity index (χ1v) is 8.98. The topological polar surface area (TPSA) is 20.3 Å². The third-order valence-electron chi connectivity index (χ3n) is 5.08. The summed E-state index contributed by atoms with van der Waals surface area (Å²) in [5.74, 6) is -0.880. The molecule has 0 spiro atoms. The highest BCUT2D eigenvalue weighted by molar-refractivity contribution is 6.00. The quantitative estimate of drug-likeness (QED) is 0.598. The molecule has 0 saturated heterocycles. The molecule has 1 aliphatic heterocycles. The number of rotatable bonds is 4. The van der Waals surface area contributed by atoms with Crippen LogP contribution >= 0.6 is 0 Å². The lowest BCUT2D eigenvalue weighted by Crippen LogP contribution is -2.43. The van der Waals surface area contributed by atoms with Crippen molar-refractivity contribution in [2.75, 3.05) is 11.4 Å². The maximum atomic E-state index is 15.6. The first-order chi connectivity index (χ1) is 13.1. The standard InChI is InChI=1S/C23H19F2NO/c24-18-10-12-19(13-11-18)26-15-14-16-6-4-5-9-20(16)22(26)21(25)23(27)17-7-2-1-3-8-17/h1-13,21-22H,14-15H2. The lowest BCUT2D eigenvalue weighted by atomic mass is 9.87. The van der Waals surface area contributed by atoms with E-state index in [9.17, 15) is 9.18 Å². The van der Waals surface area contributed by atoms with Crippen molar-refractivity contribution in [2.24, 2.45) is 0 Å². The zero-order valence-corrected chi connectivity index (χ0v) is 14.7. The van der Waals surface area contributed by atoms with Crippen LogP contribution in [0.25, 0.3) is 0 Å². The Bertz CT molecular complexity index is 940. The molecular formula is C23H19F2NO. The number of carbonyl (C=O) groups is 1. The molecule has 4 rings (SSSR count). The fourth-order valence-corrected chi connectivity index (χ4v) is 3.74. The molecular weight excluding hydrogens is 344 g/mol. The monoisotopic (exact) mass is 363 g/mol. The van der Waals surface area contributed by atoms with Crippen molar-refractivity contribution in [3.63, 3.8) is 0 Å². The summed E-state index contributed by atoms with van der Waals surface area (Å²) in [4.78, 5) is 14.7. The van der Waals surface area contributed by atoms with E-state index in [2.05, 4.69) is 0 Å². The van der Waals surface area contributed by atoms with Crippen molar-refractivity contribution in [2.45, 2.75) is 18.6 Å². The molecule has 0 fully saturated rings. The maximum absolute atomic E-state index is 15.6. The molecule has 1 aliphatic rings. The number of anilines is 1. The fourth-order valence-electron chi connectivity index (χ4n) is 3.74. The number of halogens is 2. The lowest BCUT2D eigenvalue weighted by Gasteiger charge is -2.40. The van der Waals surface area contributed by atoms with Crippen molar-refractivity contribution in [1.82, 2.24) is 0 Å². The highest BCUT2D eigenvalue weighted by Gasteiger charge is 2.38. The largest absolute Gasteiger partial charge is 0.361 e. The van der Waals surface area contributed by atoms with E-state index in [4.69, 9.17) is 0 Å². The Hall–Kier alpha value is -3.01. The Morgan fingerprint density at radius 2 is 1.59 bits per heavy atom. The molecule has 2 nitrogen and oxygen atoms in total. The number of fused-ring (bicyclic) bond motifs is 1. The number of benzene rings is 3. The van der Waals surface area contributed by atoms with Crippen LogP contribution in [0.15, 0.2) is 78.9 Å². The molecule has 3 aromatic rings. The minimum atomic E-state index is -1.72. The van der Waals surface area contributed by atoms with Gasteiger partial charge in [-0.15, -0.1) is 0 Å². The minimum absolute atomic E-state index is 0.343. The molecule has 0 amide bonds. The van der Waals surface area contributed by atoms with Gasteiger partial charge in [-0.25, -0.2) is 8.78 Å². The number of Topliss-reactive ketones (excluding diaryl/α,β-unsaturated/α-hetero) is 1. The highest BCUT2D eigenvalue weighted by Crippen LogP contribution is 2.38. The SMILES string of the molecule is O=C(c1ccccc1)C(F)C1c2ccccc2CCN1c1ccc(F)cc1. The van der Waals surface area contributed by atoms with E-state index < -0.39 is 18.0 Å². The predicted octanol–water partition coefficient (Wildman–Crippen LogP) is 5.15. The molecule has 4 heteroatoms. The average molecular weight is 363 g/mol. The van der Waals surface area contributed by atoms with Gasteiger partial charge in [0.25, 0.3) is 0 Å². The van der Waals surface area contributed by atoms with Gasteiger partial charge < -0.3 is 4.90 Å². The molecule has 27 heavy (non-hydrogen) atoms. The Morgan fingerprint density at radius 3 is 2.33 bits per heavy atom. The molecule has 0 saturated carbocycles. The Labute approximate surface area is 157 Å². The molecule has 1 heterocycles. The van der Waals surface area contributed by atoms with Gasteiger partial charge in [-0.3, -0.25) is 4.79 Å². The summed E-state index contributed by atoms with van der Waals surface area (Å²) >= 11 is 0. The van der Waals surface area contributed by atoms with Gasteiger partial charge in [0.1, 0.15) is 5.82 Å². The van der Waals surface area contributed by atoms with Gasteiger partial charge in [0, 0.05) is 17.8 Å². The van der Waals surface area contributed by atoms with Gasteiger partial charge in [0.15, 0.2) is 12.0 Å². The van der Waals surface area contributed by atoms with E-state index in [-0.39, 0.29) is 5.82 Å². The van der Waals surface area contributed by atoms with Crippen molar-refractivity contribution in [3.8, 4) is 0 Å². The smallest absolute Gasteiger partial charge is 0.199 e. The maximum Gasteiger partial charge on any atom is 0.199 e. The third kappa shape index (κ3) is 3.35. The molecule has 136 valence electrons. The summed E-state index contributed by atoms with van der Waals surface area (Å²) in [7, 11) is 0. The number of nitrogens with zero attached hydrogens (tertiary/aromatic N) is 1. The summed E-state index contributed by atoms with van der Waals surface area (Å²) in [5.41, 5.74) is 2.92. The van der Waals surface area contributed by atoms with Crippen LogP contribution in [0.1, 0.15) is 27.5 Å². The second-order valence-corrected chi connectivity index (χ2v) is 6.70. The molecule has 0 N–H and O–H groups in total. The zero-order chi connectivity index (χ0) is 18.8. The summed E-state index contributed by atoms with van der Waals surface area (Å²) in [6.07, 6.45) is -0.977. The Balaban J connectivity index is 1.76. The summed E-state index contributed by atoms with van der Waals surface area (Å²) in [5, 5.41) is 0. The minimum Gasteiger partial charge on any atom is -0.361 e. The zero-order valence-electron chi connectivity index (χ0n) is 14.7. The van der Waals surface area contributed by atoms with E-state index in [1.54, 1.807) is 42.5 Å². The normalized spacial score (nSPS) is 17.3. The van der Waals surface area contributed by atoms with E-state index in [1.165, 1.54) is 12.1 Å². The number of carbonyl (C=O) groups excluding carboxylic acids is 1. The van der Waals surface area contributed by atoms with Crippen molar-refractivity contribution < 1.29 is 13.6 Å². The van der Waals surface area contributed by atoms with Gasteiger partial charge in [0.2, 0.25) is 0 Å². The van der Waals surface area contributed by atoms with Gasteiger partial charge >= 0.3 is 0 Å². The van der Waals surface area contributed by atoms with E-state index in [0.29, 0.717) is 17.8 Å². The van der Waals surface area contributed by atoms with Crippen LogP contribution in [0, 0.1) is 5.82 Å². The molecule has 0 bridgehead atoms. The second kappa shape index (κ2) is 7.31. The first-order valence-electron chi connectivity index (χ1n) is 8.98. The Kier molecular flexibility index (Phi) is 4.71. The summed E-state index contributed by atoms with van der Waals surface area (Å²) < 4.78 is 28.9. The van der Waals surface area contributed by atoms with Crippen LogP contribution < -0.4 is 4.90 Å². The van der Waals surface area contributed by atoms with Gasteiger partial charge in [-0.05, 0) is 41.8 Å². The molecule has 2 atom stereocenters. The Morgan fingerprint density at radius 1 is 0.926 bits per heavy atom. The van der Waals surface area contributed by atoms with Gasteiger partial charge in [-0.1, -0.05) is 54.6 Å². The molecule has 3 aromatic carbocycles. The van der Waals surface area contributed by atoms with E-state index in [0.717, 1.165) is 17.5 Å². The number of alkyl halides is 1. The summed E-state index contributed by atoms with van der Waals surface area (Å²) in [6.45, 7) is 0.565. The molecule has 2 unspecified atom stereocenters. The molecule has 0 aromatic heterocycles. The van der Waals surface area contributed by atoms with Crippen LogP contribution in [-0.4, -0.2) is 18.5 Å². The predicted molar refractivity (Wildman–Crippen MR) is 102 cm³/mol. The molecule has 0 aliphatic carbocycles.